The number of hydrogen-bond donors (Lipinski definition) is 1. The number of thioether (sulfide) groups is 1. The Morgan fingerprint density at radius 2 is 1.83 bits per heavy atom. The van der Waals surface area contributed by atoms with Gasteiger partial charge in [-0.2, -0.15) is 11.8 Å². The molecule has 1 saturated heterocycles. The molecule has 30 heavy (non-hydrogen) atoms. The predicted octanol–water partition coefficient (Wildman–Crippen LogP) is 2.37. The lowest BCUT2D eigenvalue weighted by Gasteiger charge is -2.28. The summed E-state index contributed by atoms with van der Waals surface area (Å²) in [7, 11) is -3.71. The average Bonchev–Trinajstić information content (AvgIpc) is 2.71. The molecule has 11 nitrogen and oxygen atoms in total. The molecule has 0 radical (unpaired) electrons. The van der Waals surface area contributed by atoms with Crippen molar-refractivity contribution in [3.05, 3.63) is 43.0 Å². The standard InChI is InChI=1S/C17H23N4O7PS/c1-3-27-29(26,28-4-2)11-20-13-10-14(19-5-7-30-8-6-19)15(21(24)25)9-12(13)18-16(22)17(20)23/h9-10H,3-8,11H2,1-2H3,(H,18,22). The second kappa shape index (κ2) is 9.34. The third-order valence-corrected chi connectivity index (χ3v) is 7.46. The Morgan fingerprint density at radius 3 is 2.40 bits per heavy atom. The molecule has 1 N–H and O–H groups in total. The number of rotatable bonds is 8. The third-order valence-electron chi connectivity index (χ3n) is 4.59. The van der Waals surface area contributed by atoms with Gasteiger partial charge in [0.2, 0.25) is 0 Å². The van der Waals surface area contributed by atoms with E-state index < -0.39 is 29.9 Å². The minimum absolute atomic E-state index is 0.0926. The van der Waals surface area contributed by atoms with Gasteiger partial charge in [0.25, 0.3) is 5.69 Å². The SMILES string of the molecule is CCOP(=O)(Cn1c(=O)c(=O)[nH]c2cc([N+](=O)[O-])c(N3CCSCC3)cc21)OCC. The van der Waals surface area contributed by atoms with Crippen LogP contribution in [0.25, 0.3) is 11.0 Å². The van der Waals surface area contributed by atoms with E-state index in [0.29, 0.717) is 18.8 Å². The van der Waals surface area contributed by atoms with Crippen LogP contribution in [0.2, 0.25) is 0 Å². The Morgan fingerprint density at radius 1 is 1.20 bits per heavy atom. The molecule has 0 aliphatic carbocycles. The highest BCUT2D eigenvalue weighted by Crippen LogP contribution is 2.49. The molecule has 0 bridgehead atoms. The van der Waals surface area contributed by atoms with Crippen LogP contribution in [0.4, 0.5) is 11.4 Å². The number of nitro benzene ring substituents is 1. The van der Waals surface area contributed by atoms with E-state index in [-0.39, 0.29) is 29.9 Å². The lowest BCUT2D eigenvalue weighted by atomic mass is 10.2. The Kier molecular flexibility index (Phi) is 7.02. The fourth-order valence-electron chi connectivity index (χ4n) is 3.33. The zero-order valence-corrected chi connectivity index (χ0v) is 18.4. The quantitative estimate of drug-likeness (QED) is 0.273. The molecule has 0 spiro atoms. The maximum Gasteiger partial charge on any atom is 0.350 e. The lowest BCUT2D eigenvalue weighted by Crippen LogP contribution is -2.37. The number of benzene rings is 1. The van der Waals surface area contributed by atoms with E-state index in [2.05, 4.69) is 4.98 Å². The van der Waals surface area contributed by atoms with Gasteiger partial charge in [-0.05, 0) is 19.9 Å². The van der Waals surface area contributed by atoms with Gasteiger partial charge < -0.3 is 18.9 Å². The van der Waals surface area contributed by atoms with E-state index in [1.807, 2.05) is 4.90 Å². The molecule has 1 fully saturated rings. The zero-order valence-electron chi connectivity index (χ0n) is 16.7. The van der Waals surface area contributed by atoms with Crippen molar-refractivity contribution in [2.45, 2.75) is 20.1 Å². The topological polar surface area (TPSA) is 137 Å². The number of aromatic amines is 1. The van der Waals surface area contributed by atoms with Gasteiger partial charge in [0.15, 0.2) is 0 Å². The summed E-state index contributed by atoms with van der Waals surface area (Å²) in [6.07, 6.45) is -0.471. The van der Waals surface area contributed by atoms with Gasteiger partial charge in [0.05, 0.1) is 29.2 Å². The maximum atomic E-state index is 13.0. The number of nitrogens with zero attached hydrogens (tertiary/aromatic N) is 3. The molecular weight excluding hydrogens is 435 g/mol. The summed E-state index contributed by atoms with van der Waals surface area (Å²) >= 11 is 1.75. The van der Waals surface area contributed by atoms with Crippen molar-refractivity contribution < 1.29 is 18.5 Å². The number of nitro groups is 1. The van der Waals surface area contributed by atoms with Gasteiger partial charge in [-0.3, -0.25) is 28.8 Å². The van der Waals surface area contributed by atoms with Crippen molar-refractivity contribution in [1.29, 1.82) is 0 Å². The highest BCUT2D eigenvalue weighted by atomic mass is 32.2. The smallest absolute Gasteiger partial charge is 0.350 e. The molecule has 0 amide bonds. The van der Waals surface area contributed by atoms with Crippen molar-refractivity contribution >= 4 is 41.8 Å². The van der Waals surface area contributed by atoms with Gasteiger partial charge in [0.1, 0.15) is 12.0 Å². The summed E-state index contributed by atoms with van der Waals surface area (Å²) in [5, 5.41) is 11.7. The van der Waals surface area contributed by atoms with Crippen LogP contribution in [0, 0.1) is 10.1 Å². The largest absolute Gasteiger partial charge is 0.364 e. The second-order valence-corrected chi connectivity index (χ2v) is 9.74. The van der Waals surface area contributed by atoms with Crippen LogP contribution in [-0.2, 0) is 19.9 Å². The number of anilines is 1. The van der Waals surface area contributed by atoms with Crippen LogP contribution >= 0.6 is 19.4 Å². The molecular formula is C17H23N4O7PS. The molecule has 2 aromatic rings. The minimum atomic E-state index is -3.71. The summed E-state index contributed by atoms with van der Waals surface area (Å²) in [6, 6.07) is 2.72. The summed E-state index contributed by atoms with van der Waals surface area (Å²) in [6.45, 7) is 4.69. The van der Waals surface area contributed by atoms with Gasteiger partial charge in [-0.25, -0.2) is 0 Å². The Labute approximate surface area is 176 Å². The van der Waals surface area contributed by atoms with Crippen molar-refractivity contribution in [2.75, 3.05) is 42.7 Å². The molecule has 2 heterocycles. The lowest BCUT2D eigenvalue weighted by molar-refractivity contribution is -0.384. The fourth-order valence-corrected chi connectivity index (χ4v) is 5.88. The van der Waals surface area contributed by atoms with Crippen LogP contribution in [0.15, 0.2) is 21.7 Å². The number of nitrogens with one attached hydrogen (secondary N) is 1. The minimum Gasteiger partial charge on any atom is -0.364 e. The predicted molar refractivity (Wildman–Crippen MR) is 116 cm³/mol. The van der Waals surface area contributed by atoms with Gasteiger partial charge in [-0.1, -0.05) is 0 Å². The summed E-state index contributed by atoms with van der Waals surface area (Å²) in [4.78, 5) is 40.2. The van der Waals surface area contributed by atoms with E-state index in [0.717, 1.165) is 16.1 Å². The Hall–Kier alpha value is -2.14. The van der Waals surface area contributed by atoms with Gasteiger partial charge >= 0.3 is 18.7 Å². The van der Waals surface area contributed by atoms with Crippen LogP contribution in [0.3, 0.4) is 0 Å². The molecule has 0 saturated carbocycles. The first-order valence-corrected chi connectivity index (χ1v) is 12.3. The van der Waals surface area contributed by atoms with Crippen molar-refractivity contribution in [3.8, 4) is 0 Å². The second-order valence-electron chi connectivity index (χ2n) is 6.49. The molecule has 1 aliphatic rings. The zero-order chi connectivity index (χ0) is 21.9. The van der Waals surface area contributed by atoms with E-state index in [1.165, 1.54) is 12.1 Å². The Bertz CT molecular complexity index is 1100. The maximum absolute atomic E-state index is 13.0. The monoisotopic (exact) mass is 458 g/mol. The first-order valence-electron chi connectivity index (χ1n) is 9.45. The fraction of sp³-hybridized carbons (Fsp3) is 0.529. The van der Waals surface area contributed by atoms with Gasteiger partial charge in [-0.15, -0.1) is 0 Å². The molecule has 164 valence electrons. The molecule has 3 rings (SSSR count). The van der Waals surface area contributed by atoms with Crippen molar-refractivity contribution in [1.82, 2.24) is 9.55 Å². The van der Waals surface area contributed by atoms with E-state index >= 15 is 0 Å². The van der Waals surface area contributed by atoms with E-state index in [4.69, 9.17) is 9.05 Å². The summed E-state index contributed by atoms with van der Waals surface area (Å²) < 4.78 is 24.6. The van der Waals surface area contributed by atoms with E-state index in [1.54, 1.807) is 25.6 Å². The van der Waals surface area contributed by atoms with Crippen molar-refractivity contribution in [2.24, 2.45) is 0 Å². The molecule has 1 aromatic heterocycles. The number of hydrogen-bond acceptors (Lipinski definition) is 9. The molecule has 0 unspecified atom stereocenters. The van der Waals surface area contributed by atoms with Crippen LogP contribution in [-0.4, -0.2) is 52.3 Å². The molecule has 1 aromatic carbocycles. The Balaban J connectivity index is 2.24. The number of aromatic nitrogens is 2. The van der Waals surface area contributed by atoms with E-state index in [9.17, 15) is 24.3 Å². The molecule has 1 aliphatic heterocycles. The summed E-state index contributed by atoms with van der Waals surface area (Å²) in [5.74, 6) is 1.63. The highest BCUT2D eigenvalue weighted by Gasteiger charge is 2.29. The van der Waals surface area contributed by atoms with Crippen LogP contribution in [0.1, 0.15) is 13.8 Å². The average molecular weight is 458 g/mol. The first kappa shape index (κ1) is 22.5. The van der Waals surface area contributed by atoms with Crippen LogP contribution in [0.5, 0.6) is 0 Å². The molecule has 13 heteroatoms. The third kappa shape index (κ3) is 4.61. The highest BCUT2D eigenvalue weighted by molar-refractivity contribution is 7.99. The van der Waals surface area contributed by atoms with Crippen LogP contribution < -0.4 is 16.0 Å². The van der Waals surface area contributed by atoms with Crippen molar-refractivity contribution in [3.63, 3.8) is 0 Å². The normalized spacial score (nSPS) is 14.9. The molecule has 0 atom stereocenters. The number of H-pyrrole nitrogens is 1. The number of fused-ring (bicyclic) bond motifs is 1. The summed E-state index contributed by atoms with van der Waals surface area (Å²) in [5.41, 5.74) is -1.42. The first-order chi connectivity index (χ1) is 14.3. The van der Waals surface area contributed by atoms with Gasteiger partial charge in [0, 0.05) is 30.7 Å².